The van der Waals surface area contributed by atoms with Gasteiger partial charge in [-0.05, 0) is 59.1 Å². The number of carbonyl (C=O) groups is 1. The number of aryl methyl sites for hydroxylation is 2. The molecular formula is C13H11BrClNOS. The first-order valence-electron chi connectivity index (χ1n) is 5.31. The fourth-order valence-corrected chi connectivity index (χ4v) is 3.09. The monoisotopic (exact) mass is 343 g/mol. The second-order valence-electron chi connectivity index (χ2n) is 3.98. The molecule has 2 aromatic rings. The van der Waals surface area contributed by atoms with E-state index in [1.807, 2.05) is 26.0 Å². The Bertz CT molecular complexity index is 590. The molecule has 0 saturated carbocycles. The van der Waals surface area contributed by atoms with Gasteiger partial charge in [0.1, 0.15) is 0 Å². The van der Waals surface area contributed by atoms with E-state index in [0.717, 1.165) is 20.6 Å². The molecule has 1 amide bonds. The van der Waals surface area contributed by atoms with Crippen LogP contribution in [0.4, 0.5) is 5.69 Å². The molecule has 0 radical (unpaired) electrons. The number of carbonyl (C=O) groups excluding carboxylic acids is 1. The van der Waals surface area contributed by atoms with Crippen LogP contribution in [0.5, 0.6) is 0 Å². The second kappa shape index (κ2) is 5.43. The number of hydrogen-bond donors (Lipinski definition) is 1. The maximum atomic E-state index is 12.1. The van der Waals surface area contributed by atoms with E-state index in [2.05, 4.69) is 21.2 Å². The third-order valence-corrected chi connectivity index (χ3v) is 4.90. The number of hydrogen-bond acceptors (Lipinski definition) is 2. The van der Waals surface area contributed by atoms with E-state index in [1.165, 1.54) is 11.3 Å². The first-order chi connectivity index (χ1) is 8.47. The number of rotatable bonds is 2. The standard InChI is InChI=1S/C13H11BrClNOS/c1-7-3-4-9(15)6-10(7)16-13(17)11-5-8(2)12(14)18-11/h3-6H,1-2H3,(H,16,17). The van der Waals surface area contributed by atoms with Gasteiger partial charge in [-0.3, -0.25) is 4.79 Å². The molecule has 94 valence electrons. The van der Waals surface area contributed by atoms with Crippen LogP contribution in [0.15, 0.2) is 28.1 Å². The fourth-order valence-electron chi connectivity index (χ4n) is 1.48. The van der Waals surface area contributed by atoms with Crippen LogP contribution in [0.3, 0.4) is 0 Å². The molecule has 5 heteroatoms. The van der Waals surface area contributed by atoms with E-state index in [-0.39, 0.29) is 5.91 Å². The Balaban J connectivity index is 2.23. The summed E-state index contributed by atoms with van der Waals surface area (Å²) in [4.78, 5) is 12.8. The predicted molar refractivity (Wildman–Crippen MR) is 80.9 cm³/mol. The first-order valence-corrected chi connectivity index (χ1v) is 7.29. The SMILES string of the molecule is Cc1ccc(Cl)cc1NC(=O)c1cc(C)c(Br)s1. The highest BCUT2D eigenvalue weighted by Gasteiger charge is 2.12. The van der Waals surface area contributed by atoms with Gasteiger partial charge in [0.15, 0.2) is 0 Å². The summed E-state index contributed by atoms with van der Waals surface area (Å²) in [5.74, 6) is -0.112. The van der Waals surface area contributed by atoms with Gasteiger partial charge in [0, 0.05) is 10.7 Å². The van der Waals surface area contributed by atoms with Crippen LogP contribution >= 0.6 is 38.9 Å². The van der Waals surface area contributed by atoms with E-state index in [4.69, 9.17) is 11.6 Å². The highest BCUT2D eigenvalue weighted by molar-refractivity contribution is 9.11. The summed E-state index contributed by atoms with van der Waals surface area (Å²) in [7, 11) is 0. The first kappa shape index (κ1) is 13.6. The molecule has 0 aliphatic heterocycles. The van der Waals surface area contributed by atoms with Crippen LogP contribution in [-0.2, 0) is 0 Å². The zero-order chi connectivity index (χ0) is 13.3. The lowest BCUT2D eigenvalue weighted by molar-refractivity contribution is 0.103. The Hall–Kier alpha value is -0.840. The number of benzene rings is 1. The average Bonchev–Trinajstić information content (AvgIpc) is 2.64. The van der Waals surface area contributed by atoms with Crippen LogP contribution in [0.2, 0.25) is 5.02 Å². The molecule has 0 bridgehead atoms. The summed E-state index contributed by atoms with van der Waals surface area (Å²) in [6, 6.07) is 7.31. The molecule has 2 nitrogen and oxygen atoms in total. The lowest BCUT2D eigenvalue weighted by Crippen LogP contribution is -2.11. The van der Waals surface area contributed by atoms with E-state index < -0.39 is 0 Å². The second-order valence-corrected chi connectivity index (χ2v) is 6.79. The molecule has 0 spiro atoms. The number of thiophene rings is 1. The minimum atomic E-state index is -0.112. The van der Waals surface area contributed by atoms with Gasteiger partial charge in [0.2, 0.25) is 0 Å². The normalized spacial score (nSPS) is 10.4. The van der Waals surface area contributed by atoms with E-state index in [0.29, 0.717) is 9.90 Å². The van der Waals surface area contributed by atoms with Crippen LogP contribution in [0, 0.1) is 13.8 Å². The highest BCUT2D eigenvalue weighted by Crippen LogP contribution is 2.28. The molecule has 1 N–H and O–H groups in total. The number of halogens is 2. The molecule has 2 rings (SSSR count). The molecule has 0 unspecified atom stereocenters. The molecule has 0 aliphatic rings. The minimum Gasteiger partial charge on any atom is -0.321 e. The molecular weight excluding hydrogens is 334 g/mol. The lowest BCUT2D eigenvalue weighted by Gasteiger charge is -2.07. The van der Waals surface area contributed by atoms with Crippen LogP contribution < -0.4 is 5.32 Å². The topological polar surface area (TPSA) is 29.1 Å². The van der Waals surface area contributed by atoms with Crippen molar-refractivity contribution in [2.24, 2.45) is 0 Å². The molecule has 0 saturated heterocycles. The predicted octanol–water partition coefficient (Wildman–Crippen LogP) is 5.03. The summed E-state index contributed by atoms with van der Waals surface area (Å²) in [5.41, 5.74) is 2.79. The van der Waals surface area contributed by atoms with Crippen molar-refractivity contribution in [1.29, 1.82) is 0 Å². The van der Waals surface area contributed by atoms with Gasteiger partial charge in [-0.15, -0.1) is 11.3 Å². The third kappa shape index (κ3) is 2.94. The molecule has 1 aromatic heterocycles. The van der Waals surface area contributed by atoms with Crippen LogP contribution in [-0.4, -0.2) is 5.91 Å². The van der Waals surface area contributed by atoms with Crippen molar-refractivity contribution in [3.05, 3.63) is 49.1 Å². The van der Waals surface area contributed by atoms with Crippen molar-refractivity contribution < 1.29 is 4.79 Å². The molecule has 18 heavy (non-hydrogen) atoms. The Labute approximate surface area is 123 Å². The summed E-state index contributed by atoms with van der Waals surface area (Å²) < 4.78 is 0.982. The Morgan fingerprint density at radius 1 is 1.28 bits per heavy atom. The van der Waals surface area contributed by atoms with E-state index >= 15 is 0 Å². The zero-order valence-electron chi connectivity index (χ0n) is 9.88. The maximum absolute atomic E-state index is 12.1. The van der Waals surface area contributed by atoms with Gasteiger partial charge < -0.3 is 5.32 Å². The summed E-state index contributed by atoms with van der Waals surface area (Å²) in [6.07, 6.45) is 0. The lowest BCUT2D eigenvalue weighted by atomic mass is 10.2. The fraction of sp³-hybridized carbons (Fsp3) is 0.154. The minimum absolute atomic E-state index is 0.112. The van der Waals surface area contributed by atoms with E-state index in [1.54, 1.807) is 12.1 Å². The Kier molecular flexibility index (Phi) is 4.10. The van der Waals surface area contributed by atoms with Crippen LogP contribution in [0.25, 0.3) is 0 Å². The van der Waals surface area contributed by atoms with Crippen molar-refractivity contribution in [3.8, 4) is 0 Å². The number of nitrogens with one attached hydrogen (secondary N) is 1. The maximum Gasteiger partial charge on any atom is 0.265 e. The average molecular weight is 345 g/mol. The molecule has 1 heterocycles. The Morgan fingerprint density at radius 3 is 2.61 bits per heavy atom. The van der Waals surface area contributed by atoms with E-state index in [9.17, 15) is 4.79 Å². The number of amides is 1. The van der Waals surface area contributed by atoms with Gasteiger partial charge in [-0.25, -0.2) is 0 Å². The zero-order valence-corrected chi connectivity index (χ0v) is 13.0. The smallest absolute Gasteiger partial charge is 0.265 e. The third-order valence-electron chi connectivity index (χ3n) is 2.53. The van der Waals surface area contributed by atoms with Crippen molar-refractivity contribution in [3.63, 3.8) is 0 Å². The van der Waals surface area contributed by atoms with Crippen molar-refractivity contribution in [1.82, 2.24) is 0 Å². The van der Waals surface area contributed by atoms with Gasteiger partial charge in [0.05, 0.1) is 8.66 Å². The quantitative estimate of drug-likeness (QED) is 0.813. The summed E-state index contributed by atoms with van der Waals surface area (Å²) in [5, 5.41) is 3.48. The molecule has 0 aliphatic carbocycles. The Morgan fingerprint density at radius 2 is 2.00 bits per heavy atom. The van der Waals surface area contributed by atoms with Gasteiger partial charge in [0.25, 0.3) is 5.91 Å². The molecule has 0 atom stereocenters. The van der Waals surface area contributed by atoms with Gasteiger partial charge in [-0.2, -0.15) is 0 Å². The van der Waals surface area contributed by atoms with Gasteiger partial charge >= 0.3 is 0 Å². The van der Waals surface area contributed by atoms with Crippen molar-refractivity contribution in [2.45, 2.75) is 13.8 Å². The molecule has 0 fully saturated rings. The summed E-state index contributed by atoms with van der Waals surface area (Å²) in [6.45, 7) is 3.89. The number of anilines is 1. The van der Waals surface area contributed by atoms with Crippen LogP contribution in [0.1, 0.15) is 20.8 Å². The summed E-state index contributed by atoms with van der Waals surface area (Å²) >= 11 is 10.8. The van der Waals surface area contributed by atoms with Crippen molar-refractivity contribution in [2.75, 3.05) is 5.32 Å². The highest BCUT2D eigenvalue weighted by atomic mass is 79.9. The largest absolute Gasteiger partial charge is 0.321 e. The van der Waals surface area contributed by atoms with Gasteiger partial charge in [-0.1, -0.05) is 17.7 Å². The molecule has 1 aromatic carbocycles. The van der Waals surface area contributed by atoms with Crippen molar-refractivity contribution >= 4 is 50.5 Å².